The van der Waals surface area contributed by atoms with Crippen LogP contribution in [-0.4, -0.2) is 25.0 Å². The van der Waals surface area contributed by atoms with E-state index in [1.807, 2.05) is 38.2 Å². The van der Waals surface area contributed by atoms with Gasteiger partial charge in [-0.25, -0.2) is 9.67 Å². The zero-order valence-corrected chi connectivity index (χ0v) is 14.3. The van der Waals surface area contributed by atoms with Crippen LogP contribution < -0.4 is 5.32 Å². The van der Waals surface area contributed by atoms with Crippen LogP contribution in [0.3, 0.4) is 0 Å². The number of hydrogen-bond acceptors (Lipinski definition) is 6. The number of rotatable bonds is 6. The summed E-state index contributed by atoms with van der Waals surface area (Å²) in [5, 5.41) is 25.4. The van der Waals surface area contributed by atoms with Crippen LogP contribution in [0.4, 0.5) is 5.82 Å². The first-order valence-electron chi connectivity index (χ1n) is 8.24. The van der Waals surface area contributed by atoms with Gasteiger partial charge in [-0.15, -0.1) is 5.10 Å². The first-order chi connectivity index (χ1) is 12.3. The third kappa shape index (κ3) is 3.48. The van der Waals surface area contributed by atoms with Crippen molar-refractivity contribution >= 4 is 5.82 Å². The summed E-state index contributed by atoms with van der Waals surface area (Å²) in [6.07, 6.45) is 6.82. The highest BCUT2D eigenvalue weighted by atomic mass is 15.3. The quantitative estimate of drug-likeness (QED) is 0.745. The highest BCUT2D eigenvalue weighted by molar-refractivity contribution is 5.56. The number of hydrogen-bond donors (Lipinski definition) is 1. The molecule has 0 bridgehead atoms. The molecule has 0 saturated heterocycles. The van der Waals surface area contributed by atoms with Gasteiger partial charge in [-0.05, 0) is 42.2 Å². The van der Waals surface area contributed by atoms with Crippen LogP contribution in [0.2, 0.25) is 0 Å². The standard InChI is InChI=1S/C18H19N7/c1-3-14-15(11-19)18(24-23-16(14)4-2)21-12-13-6-8-20-17(10-13)25-9-5-7-22-25/h5-10H,3-4,12H2,1-2H3,(H,21,24). The maximum Gasteiger partial charge on any atom is 0.167 e. The lowest BCUT2D eigenvalue weighted by atomic mass is 10.0. The van der Waals surface area contributed by atoms with E-state index in [0.717, 1.165) is 35.5 Å². The molecular formula is C18H19N7. The zero-order chi connectivity index (χ0) is 17.6. The predicted molar refractivity (Wildman–Crippen MR) is 94.2 cm³/mol. The van der Waals surface area contributed by atoms with Crippen LogP contribution in [0.25, 0.3) is 5.82 Å². The van der Waals surface area contributed by atoms with E-state index in [0.29, 0.717) is 17.9 Å². The van der Waals surface area contributed by atoms with Crippen molar-refractivity contribution in [1.29, 1.82) is 5.26 Å². The van der Waals surface area contributed by atoms with Crippen molar-refractivity contribution in [2.24, 2.45) is 0 Å². The molecule has 0 saturated carbocycles. The summed E-state index contributed by atoms with van der Waals surface area (Å²) in [5.41, 5.74) is 3.45. The van der Waals surface area contributed by atoms with Crippen molar-refractivity contribution in [3.05, 3.63) is 59.2 Å². The van der Waals surface area contributed by atoms with Crippen LogP contribution in [-0.2, 0) is 19.4 Å². The fraction of sp³-hybridized carbons (Fsp3) is 0.278. The Labute approximate surface area is 146 Å². The summed E-state index contributed by atoms with van der Waals surface area (Å²) < 4.78 is 1.70. The maximum absolute atomic E-state index is 9.54. The molecule has 7 nitrogen and oxygen atoms in total. The molecule has 3 heterocycles. The smallest absolute Gasteiger partial charge is 0.167 e. The van der Waals surface area contributed by atoms with E-state index >= 15 is 0 Å². The van der Waals surface area contributed by atoms with Gasteiger partial charge in [-0.1, -0.05) is 13.8 Å². The van der Waals surface area contributed by atoms with E-state index < -0.39 is 0 Å². The average molecular weight is 333 g/mol. The molecule has 25 heavy (non-hydrogen) atoms. The van der Waals surface area contributed by atoms with Crippen LogP contribution in [0, 0.1) is 11.3 Å². The summed E-state index contributed by atoms with van der Waals surface area (Å²) in [4.78, 5) is 4.31. The Bertz CT molecular complexity index is 894. The molecule has 126 valence electrons. The highest BCUT2D eigenvalue weighted by Gasteiger charge is 2.14. The Morgan fingerprint density at radius 1 is 1.20 bits per heavy atom. The number of aromatic nitrogens is 5. The normalized spacial score (nSPS) is 10.4. The topological polar surface area (TPSA) is 92.3 Å². The Hall–Kier alpha value is -3.27. The lowest BCUT2D eigenvalue weighted by Gasteiger charge is -2.12. The van der Waals surface area contributed by atoms with Crippen LogP contribution >= 0.6 is 0 Å². The second-order valence-electron chi connectivity index (χ2n) is 5.49. The third-order valence-corrected chi connectivity index (χ3v) is 3.97. The zero-order valence-electron chi connectivity index (χ0n) is 14.3. The van der Waals surface area contributed by atoms with Gasteiger partial charge in [0, 0.05) is 25.1 Å². The van der Waals surface area contributed by atoms with Crippen molar-refractivity contribution < 1.29 is 0 Å². The Morgan fingerprint density at radius 2 is 2.08 bits per heavy atom. The Kier molecular flexibility index (Phi) is 5.00. The molecular weight excluding hydrogens is 314 g/mol. The van der Waals surface area contributed by atoms with Gasteiger partial charge in [-0.3, -0.25) is 0 Å². The van der Waals surface area contributed by atoms with Crippen molar-refractivity contribution in [2.75, 3.05) is 5.32 Å². The van der Waals surface area contributed by atoms with E-state index in [1.54, 1.807) is 17.1 Å². The molecule has 0 aliphatic rings. The second-order valence-corrected chi connectivity index (χ2v) is 5.49. The molecule has 3 rings (SSSR count). The minimum Gasteiger partial charge on any atom is -0.363 e. The molecule has 3 aromatic heterocycles. The molecule has 0 amide bonds. The average Bonchev–Trinajstić information content (AvgIpc) is 3.20. The summed E-state index contributed by atoms with van der Waals surface area (Å²) in [6.45, 7) is 4.57. The SMILES string of the molecule is CCc1nnc(NCc2ccnc(-n3cccn3)c2)c(C#N)c1CC. The molecule has 1 N–H and O–H groups in total. The number of pyridine rings is 1. The van der Waals surface area contributed by atoms with Gasteiger partial charge in [0.15, 0.2) is 11.6 Å². The second kappa shape index (κ2) is 7.53. The molecule has 0 atom stereocenters. The van der Waals surface area contributed by atoms with E-state index in [1.165, 1.54) is 0 Å². The molecule has 7 heteroatoms. The van der Waals surface area contributed by atoms with Crippen molar-refractivity contribution in [3.63, 3.8) is 0 Å². The lowest BCUT2D eigenvalue weighted by molar-refractivity contribution is 0.841. The largest absolute Gasteiger partial charge is 0.363 e. The number of nitrogens with one attached hydrogen (secondary N) is 1. The Balaban J connectivity index is 1.83. The predicted octanol–water partition coefficient (Wildman–Crippen LogP) is 2.67. The number of nitriles is 1. The van der Waals surface area contributed by atoms with Crippen molar-refractivity contribution in [2.45, 2.75) is 33.2 Å². The summed E-state index contributed by atoms with van der Waals surface area (Å²) in [5.74, 6) is 1.26. The molecule has 3 aromatic rings. The Morgan fingerprint density at radius 3 is 2.76 bits per heavy atom. The van der Waals surface area contributed by atoms with Gasteiger partial charge in [0.05, 0.1) is 5.69 Å². The van der Waals surface area contributed by atoms with Gasteiger partial charge in [0.2, 0.25) is 0 Å². The van der Waals surface area contributed by atoms with Crippen LogP contribution in [0.5, 0.6) is 0 Å². The first kappa shape index (κ1) is 16.6. The summed E-state index contributed by atoms with van der Waals surface area (Å²) in [7, 11) is 0. The molecule has 0 aliphatic carbocycles. The van der Waals surface area contributed by atoms with E-state index in [4.69, 9.17) is 0 Å². The molecule has 0 fully saturated rings. The van der Waals surface area contributed by atoms with Gasteiger partial charge < -0.3 is 5.32 Å². The molecule has 0 unspecified atom stereocenters. The van der Waals surface area contributed by atoms with Gasteiger partial charge >= 0.3 is 0 Å². The fourth-order valence-electron chi connectivity index (χ4n) is 2.70. The summed E-state index contributed by atoms with van der Waals surface area (Å²) in [6, 6.07) is 7.98. The summed E-state index contributed by atoms with van der Waals surface area (Å²) >= 11 is 0. The number of anilines is 1. The monoisotopic (exact) mass is 333 g/mol. The minimum absolute atomic E-state index is 0.522. The lowest BCUT2D eigenvalue weighted by Crippen LogP contribution is -2.10. The van der Waals surface area contributed by atoms with E-state index in [-0.39, 0.29) is 0 Å². The van der Waals surface area contributed by atoms with Gasteiger partial charge in [-0.2, -0.15) is 15.5 Å². The highest BCUT2D eigenvalue weighted by Crippen LogP contribution is 2.20. The number of nitrogens with zero attached hydrogens (tertiary/aromatic N) is 6. The molecule has 0 radical (unpaired) electrons. The first-order valence-corrected chi connectivity index (χ1v) is 8.24. The van der Waals surface area contributed by atoms with Crippen LogP contribution in [0.15, 0.2) is 36.8 Å². The van der Waals surface area contributed by atoms with Crippen LogP contribution in [0.1, 0.15) is 36.2 Å². The minimum atomic E-state index is 0.522. The third-order valence-electron chi connectivity index (χ3n) is 3.97. The van der Waals surface area contributed by atoms with Crippen molar-refractivity contribution in [3.8, 4) is 11.9 Å². The van der Waals surface area contributed by atoms with E-state index in [2.05, 4.69) is 31.7 Å². The van der Waals surface area contributed by atoms with Crippen molar-refractivity contribution in [1.82, 2.24) is 25.0 Å². The maximum atomic E-state index is 9.54. The van der Waals surface area contributed by atoms with E-state index in [9.17, 15) is 5.26 Å². The fourth-order valence-corrected chi connectivity index (χ4v) is 2.70. The molecule has 0 spiro atoms. The number of aryl methyl sites for hydroxylation is 1. The van der Waals surface area contributed by atoms with Gasteiger partial charge in [0.25, 0.3) is 0 Å². The van der Waals surface area contributed by atoms with Gasteiger partial charge in [0.1, 0.15) is 11.6 Å². The molecule has 0 aliphatic heterocycles. The molecule has 0 aromatic carbocycles.